The van der Waals surface area contributed by atoms with E-state index < -0.39 is 24.3 Å². The molecule has 0 amide bonds. The fourth-order valence-electron chi connectivity index (χ4n) is 1.69. The zero-order chi connectivity index (χ0) is 14.6. The number of carbonyl (C=O) groups is 1. The number of alkyl halides is 3. The van der Waals surface area contributed by atoms with Gasteiger partial charge in [0.2, 0.25) is 0 Å². The lowest BCUT2D eigenvalue weighted by atomic mass is 9.94. The number of benzene rings is 1. The molecule has 0 aliphatic carbocycles. The number of hydrogen-bond donors (Lipinski definition) is 1. The van der Waals surface area contributed by atoms with Crippen LogP contribution in [0, 0.1) is 11.3 Å². The van der Waals surface area contributed by atoms with E-state index in [1.54, 1.807) is 6.07 Å². The number of methoxy groups -OCH3 is 1. The van der Waals surface area contributed by atoms with Crippen molar-refractivity contribution in [3.8, 4) is 6.07 Å². The summed E-state index contributed by atoms with van der Waals surface area (Å²) >= 11 is 0. The molecule has 102 valence electrons. The molecule has 0 saturated heterocycles. The lowest BCUT2D eigenvalue weighted by Crippen LogP contribution is -2.16. The summed E-state index contributed by atoms with van der Waals surface area (Å²) in [6.07, 6.45) is -4.87. The molecular formula is C12H11F3N2O2. The van der Waals surface area contributed by atoms with Crippen LogP contribution in [0.3, 0.4) is 0 Å². The summed E-state index contributed by atoms with van der Waals surface area (Å²) in [6.45, 7) is -0.438. The van der Waals surface area contributed by atoms with Gasteiger partial charge in [0.1, 0.15) is 0 Å². The maximum absolute atomic E-state index is 12.8. The Morgan fingerprint density at radius 2 is 2.11 bits per heavy atom. The van der Waals surface area contributed by atoms with E-state index in [1.807, 2.05) is 0 Å². The Hall–Kier alpha value is -2.07. The van der Waals surface area contributed by atoms with Crippen LogP contribution < -0.4 is 5.73 Å². The molecule has 0 saturated carbocycles. The third-order valence-electron chi connectivity index (χ3n) is 2.58. The van der Waals surface area contributed by atoms with Crippen molar-refractivity contribution in [3.63, 3.8) is 0 Å². The van der Waals surface area contributed by atoms with Crippen LogP contribution in [-0.4, -0.2) is 13.1 Å². The van der Waals surface area contributed by atoms with E-state index >= 15 is 0 Å². The maximum atomic E-state index is 12.8. The number of nitrogens with two attached hydrogens (primary N) is 1. The van der Waals surface area contributed by atoms with Gasteiger partial charge in [0, 0.05) is 6.54 Å². The normalized spacial score (nSPS) is 10.9. The topological polar surface area (TPSA) is 76.1 Å². The zero-order valence-electron chi connectivity index (χ0n) is 10.0. The predicted octanol–water partition coefficient (Wildman–Crippen LogP) is 1.75. The molecule has 0 aliphatic heterocycles. The molecule has 0 aliphatic rings. The molecule has 0 unspecified atom stereocenters. The van der Waals surface area contributed by atoms with Gasteiger partial charge in [0.05, 0.1) is 30.7 Å². The van der Waals surface area contributed by atoms with E-state index in [-0.39, 0.29) is 23.1 Å². The van der Waals surface area contributed by atoms with Crippen LogP contribution in [0.2, 0.25) is 0 Å². The van der Waals surface area contributed by atoms with Gasteiger partial charge in [-0.2, -0.15) is 18.4 Å². The van der Waals surface area contributed by atoms with Crippen LogP contribution in [0.5, 0.6) is 0 Å². The van der Waals surface area contributed by atoms with Crippen molar-refractivity contribution >= 4 is 5.97 Å². The van der Waals surface area contributed by atoms with E-state index in [2.05, 4.69) is 4.74 Å². The minimum Gasteiger partial charge on any atom is -0.469 e. The molecule has 0 heterocycles. The molecule has 0 aromatic heterocycles. The lowest BCUT2D eigenvalue weighted by Gasteiger charge is -2.15. The van der Waals surface area contributed by atoms with Crippen LogP contribution in [0.25, 0.3) is 0 Å². The van der Waals surface area contributed by atoms with Crippen LogP contribution in [0.1, 0.15) is 22.3 Å². The highest BCUT2D eigenvalue weighted by Gasteiger charge is 2.34. The van der Waals surface area contributed by atoms with Gasteiger partial charge < -0.3 is 10.5 Å². The monoisotopic (exact) mass is 272 g/mol. The fourth-order valence-corrected chi connectivity index (χ4v) is 1.69. The molecular weight excluding hydrogens is 261 g/mol. The molecule has 0 bridgehead atoms. The Morgan fingerprint density at radius 3 is 2.53 bits per heavy atom. The fraction of sp³-hybridized carbons (Fsp3) is 0.333. The van der Waals surface area contributed by atoms with Crippen molar-refractivity contribution in [2.75, 3.05) is 7.11 Å². The number of hydrogen-bond acceptors (Lipinski definition) is 4. The van der Waals surface area contributed by atoms with Crippen molar-refractivity contribution < 1.29 is 22.7 Å². The van der Waals surface area contributed by atoms with E-state index in [4.69, 9.17) is 11.0 Å². The first-order valence-corrected chi connectivity index (χ1v) is 5.24. The van der Waals surface area contributed by atoms with E-state index in [0.29, 0.717) is 0 Å². The second-order valence-electron chi connectivity index (χ2n) is 3.69. The smallest absolute Gasteiger partial charge is 0.416 e. The molecule has 1 aromatic carbocycles. The van der Waals surface area contributed by atoms with Crippen molar-refractivity contribution in [2.24, 2.45) is 5.73 Å². The first kappa shape index (κ1) is 15.0. The number of nitrogens with zero attached hydrogens (tertiary/aromatic N) is 1. The van der Waals surface area contributed by atoms with Crippen LogP contribution in [0.4, 0.5) is 13.2 Å². The van der Waals surface area contributed by atoms with E-state index in [1.165, 1.54) is 0 Å². The third kappa shape index (κ3) is 3.23. The summed E-state index contributed by atoms with van der Waals surface area (Å²) in [6, 6.07) is 3.58. The number of ether oxygens (including phenoxy) is 1. The van der Waals surface area contributed by atoms with Crippen LogP contribution in [-0.2, 0) is 28.7 Å². The maximum Gasteiger partial charge on any atom is 0.416 e. The first-order valence-electron chi connectivity index (χ1n) is 5.24. The minimum absolute atomic E-state index is 0.169. The third-order valence-corrected chi connectivity index (χ3v) is 2.58. The van der Waals surface area contributed by atoms with Gasteiger partial charge in [-0.3, -0.25) is 4.79 Å². The zero-order valence-corrected chi connectivity index (χ0v) is 10.0. The van der Waals surface area contributed by atoms with Crippen molar-refractivity contribution in [3.05, 3.63) is 34.4 Å². The molecule has 19 heavy (non-hydrogen) atoms. The summed E-state index contributed by atoms with van der Waals surface area (Å²) in [5.74, 6) is -0.640. The first-order chi connectivity index (χ1) is 8.85. The highest BCUT2D eigenvalue weighted by molar-refractivity contribution is 5.74. The molecule has 1 rings (SSSR count). The number of rotatable bonds is 3. The Kier molecular flexibility index (Phi) is 4.51. The molecule has 2 N–H and O–H groups in total. The Balaban J connectivity index is 3.40. The summed E-state index contributed by atoms with van der Waals surface area (Å²) in [7, 11) is 1.16. The molecule has 0 radical (unpaired) electrons. The number of esters is 1. The number of nitriles is 1. The SMILES string of the molecule is COC(=O)Cc1ccc(C(F)(F)F)c(CN)c1C#N. The molecule has 1 aromatic rings. The quantitative estimate of drug-likeness (QED) is 0.850. The van der Waals surface area contributed by atoms with E-state index in [9.17, 15) is 18.0 Å². The van der Waals surface area contributed by atoms with Crippen molar-refractivity contribution in [1.82, 2.24) is 0 Å². The summed E-state index contributed by atoms with van der Waals surface area (Å²) in [5.41, 5.74) is 3.97. The summed E-state index contributed by atoms with van der Waals surface area (Å²) in [4.78, 5) is 11.1. The van der Waals surface area contributed by atoms with Gasteiger partial charge in [-0.15, -0.1) is 0 Å². The minimum atomic E-state index is -4.59. The number of halogens is 3. The summed E-state index contributed by atoms with van der Waals surface area (Å²) < 4.78 is 42.7. The van der Waals surface area contributed by atoms with Gasteiger partial charge in [0.25, 0.3) is 0 Å². The Morgan fingerprint density at radius 1 is 1.47 bits per heavy atom. The molecule has 0 fully saturated rings. The molecule has 0 atom stereocenters. The van der Waals surface area contributed by atoms with E-state index in [0.717, 1.165) is 19.2 Å². The highest BCUT2D eigenvalue weighted by atomic mass is 19.4. The van der Waals surface area contributed by atoms with Gasteiger partial charge in [-0.25, -0.2) is 0 Å². The second kappa shape index (κ2) is 5.71. The lowest BCUT2D eigenvalue weighted by molar-refractivity contribution is -0.139. The van der Waals surface area contributed by atoms with Crippen molar-refractivity contribution in [1.29, 1.82) is 5.26 Å². The second-order valence-corrected chi connectivity index (χ2v) is 3.69. The molecule has 4 nitrogen and oxygen atoms in total. The van der Waals surface area contributed by atoms with Crippen molar-refractivity contribution in [2.45, 2.75) is 19.1 Å². The predicted molar refractivity (Wildman–Crippen MR) is 59.8 cm³/mol. The standard InChI is InChI=1S/C12H11F3N2O2/c1-19-11(18)4-7-2-3-10(12(13,14)15)9(6-17)8(7)5-16/h2-3H,4,6,17H2,1H3. The molecule has 7 heteroatoms. The largest absolute Gasteiger partial charge is 0.469 e. The van der Waals surface area contributed by atoms with Gasteiger partial charge in [0.15, 0.2) is 0 Å². The van der Waals surface area contributed by atoms with Crippen LogP contribution in [0.15, 0.2) is 12.1 Å². The summed E-state index contributed by atoms with van der Waals surface area (Å²) in [5, 5.41) is 8.98. The average Bonchev–Trinajstić information content (AvgIpc) is 2.36. The van der Waals surface area contributed by atoms with Crippen LogP contribution >= 0.6 is 0 Å². The Labute approximate surface area is 107 Å². The van der Waals surface area contributed by atoms with Gasteiger partial charge >= 0.3 is 12.1 Å². The average molecular weight is 272 g/mol. The van der Waals surface area contributed by atoms with Gasteiger partial charge in [-0.1, -0.05) is 6.07 Å². The van der Waals surface area contributed by atoms with Gasteiger partial charge in [-0.05, 0) is 17.2 Å². The highest BCUT2D eigenvalue weighted by Crippen LogP contribution is 2.34. The Bertz CT molecular complexity index is 533. The number of carbonyl (C=O) groups excluding carboxylic acids is 1. The molecule has 0 spiro atoms.